The summed E-state index contributed by atoms with van der Waals surface area (Å²) in [7, 11) is -3.51. The van der Waals surface area contributed by atoms with Crippen LogP contribution < -0.4 is 4.72 Å². The molecule has 0 fully saturated rings. The molecule has 0 aliphatic heterocycles. The number of terminal acetylenes is 1. The zero-order valence-corrected chi connectivity index (χ0v) is 9.21. The Kier molecular flexibility index (Phi) is 3.88. The zero-order chi connectivity index (χ0) is 11.3. The Labute approximate surface area is 89.3 Å². The van der Waals surface area contributed by atoms with Gasteiger partial charge in [-0.1, -0.05) is 6.92 Å². The fourth-order valence-electron chi connectivity index (χ4n) is 1.09. The molecule has 1 rings (SSSR count). The Morgan fingerprint density at radius 1 is 1.73 bits per heavy atom. The Hall–Kier alpha value is -1.32. The molecule has 1 aromatic rings. The molecule has 0 aromatic carbocycles. The minimum absolute atomic E-state index is 0.0537. The van der Waals surface area contributed by atoms with Crippen molar-refractivity contribution in [2.45, 2.75) is 30.8 Å². The van der Waals surface area contributed by atoms with E-state index in [4.69, 9.17) is 6.42 Å². The molecule has 1 aromatic heterocycles. The predicted molar refractivity (Wildman–Crippen MR) is 56.4 cm³/mol. The van der Waals surface area contributed by atoms with Gasteiger partial charge in [0, 0.05) is 12.5 Å². The van der Waals surface area contributed by atoms with Crippen molar-refractivity contribution in [3.05, 3.63) is 12.3 Å². The second-order valence-electron chi connectivity index (χ2n) is 3.06. The summed E-state index contributed by atoms with van der Waals surface area (Å²) < 4.78 is 25.9. The van der Waals surface area contributed by atoms with Gasteiger partial charge >= 0.3 is 0 Å². The van der Waals surface area contributed by atoms with Gasteiger partial charge < -0.3 is 0 Å². The quantitative estimate of drug-likeness (QED) is 0.719. The van der Waals surface area contributed by atoms with Crippen LogP contribution in [0.1, 0.15) is 19.8 Å². The number of hydrogen-bond donors (Lipinski definition) is 2. The van der Waals surface area contributed by atoms with Crippen LogP contribution in [0.2, 0.25) is 0 Å². The van der Waals surface area contributed by atoms with Gasteiger partial charge in [0.25, 0.3) is 10.0 Å². The third-order valence-corrected chi connectivity index (χ3v) is 3.39. The van der Waals surface area contributed by atoms with E-state index < -0.39 is 10.0 Å². The molecular weight excluding hydrogens is 214 g/mol. The van der Waals surface area contributed by atoms with E-state index in [1.165, 1.54) is 12.3 Å². The minimum Gasteiger partial charge on any atom is -0.266 e. The number of hydrogen-bond acceptors (Lipinski definition) is 3. The van der Waals surface area contributed by atoms with E-state index in [-0.39, 0.29) is 11.1 Å². The number of nitrogens with zero attached hydrogens (tertiary/aromatic N) is 1. The van der Waals surface area contributed by atoms with Gasteiger partial charge in [-0.05, 0) is 12.5 Å². The molecule has 0 aliphatic carbocycles. The first-order valence-corrected chi connectivity index (χ1v) is 6.03. The van der Waals surface area contributed by atoms with Gasteiger partial charge in [-0.2, -0.15) is 5.10 Å². The average molecular weight is 227 g/mol. The molecule has 0 amide bonds. The van der Waals surface area contributed by atoms with E-state index in [9.17, 15) is 8.42 Å². The summed E-state index contributed by atoms with van der Waals surface area (Å²) in [6.45, 7) is 1.87. The van der Waals surface area contributed by atoms with Crippen molar-refractivity contribution in [2.75, 3.05) is 0 Å². The van der Waals surface area contributed by atoms with Crippen molar-refractivity contribution < 1.29 is 8.42 Å². The lowest BCUT2D eigenvalue weighted by molar-refractivity contribution is 0.540. The van der Waals surface area contributed by atoms with Crippen LogP contribution in [0.25, 0.3) is 0 Å². The first-order chi connectivity index (χ1) is 7.10. The molecule has 0 spiro atoms. The number of H-pyrrole nitrogens is 1. The third kappa shape index (κ3) is 3.08. The van der Waals surface area contributed by atoms with E-state index in [0.29, 0.717) is 12.8 Å². The highest BCUT2D eigenvalue weighted by Gasteiger charge is 2.19. The zero-order valence-electron chi connectivity index (χ0n) is 8.40. The van der Waals surface area contributed by atoms with Crippen molar-refractivity contribution in [3.63, 3.8) is 0 Å². The summed E-state index contributed by atoms with van der Waals surface area (Å²) in [6, 6.07) is 1.16. The molecule has 1 atom stereocenters. The van der Waals surface area contributed by atoms with Crippen molar-refractivity contribution in [1.29, 1.82) is 0 Å². The summed E-state index contributed by atoms with van der Waals surface area (Å²) in [4.78, 5) is 0. The molecule has 0 aliphatic rings. The lowest BCUT2D eigenvalue weighted by atomic mass is 10.2. The Bertz CT molecular complexity index is 430. The topological polar surface area (TPSA) is 74.8 Å². The maximum absolute atomic E-state index is 11.7. The standard InChI is InChI=1S/C9H13N3O2S/c1-3-5-8(4-2)12-15(13,14)9-6-7-10-11-9/h1,6-8,12H,4-5H2,2H3,(H,10,11). The SMILES string of the molecule is C#CCC(CC)NS(=O)(=O)c1ccn[nH]1. The minimum atomic E-state index is -3.51. The largest absolute Gasteiger partial charge is 0.266 e. The Balaban J connectivity index is 2.77. The van der Waals surface area contributed by atoms with Crippen LogP contribution >= 0.6 is 0 Å². The van der Waals surface area contributed by atoms with Crippen LogP contribution in [-0.4, -0.2) is 24.7 Å². The maximum Gasteiger partial charge on any atom is 0.257 e. The van der Waals surface area contributed by atoms with E-state index in [1.807, 2.05) is 6.92 Å². The molecule has 0 saturated heterocycles. The molecule has 1 heterocycles. The van der Waals surface area contributed by atoms with Crippen molar-refractivity contribution in [3.8, 4) is 12.3 Å². The van der Waals surface area contributed by atoms with Gasteiger partial charge in [0.05, 0.1) is 6.20 Å². The third-order valence-electron chi connectivity index (χ3n) is 1.94. The molecular formula is C9H13N3O2S. The lowest BCUT2D eigenvalue weighted by Gasteiger charge is -2.13. The highest BCUT2D eigenvalue weighted by molar-refractivity contribution is 7.89. The lowest BCUT2D eigenvalue weighted by Crippen LogP contribution is -2.34. The van der Waals surface area contributed by atoms with Crippen molar-refractivity contribution >= 4 is 10.0 Å². The fourth-order valence-corrected chi connectivity index (χ4v) is 2.32. The molecule has 0 bridgehead atoms. The van der Waals surface area contributed by atoms with Crippen LogP contribution in [0.3, 0.4) is 0 Å². The van der Waals surface area contributed by atoms with Gasteiger partial charge in [0.1, 0.15) is 0 Å². The van der Waals surface area contributed by atoms with Crippen molar-refractivity contribution in [1.82, 2.24) is 14.9 Å². The first-order valence-electron chi connectivity index (χ1n) is 4.55. The van der Waals surface area contributed by atoms with Gasteiger partial charge in [-0.15, -0.1) is 12.3 Å². The van der Waals surface area contributed by atoms with Crippen LogP contribution in [0.4, 0.5) is 0 Å². The number of nitrogens with one attached hydrogen (secondary N) is 2. The van der Waals surface area contributed by atoms with E-state index in [2.05, 4.69) is 20.8 Å². The Morgan fingerprint density at radius 2 is 2.47 bits per heavy atom. The molecule has 5 nitrogen and oxygen atoms in total. The maximum atomic E-state index is 11.7. The molecule has 0 saturated carbocycles. The molecule has 2 N–H and O–H groups in total. The average Bonchev–Trinajstić information content (AvgIpc) is 2.70. The van der Waals surface area contributed by atoms with Crippen molar-refractivity contribution in [2.24, 2.45) is 0 Å². The van der Waals surface area contributed by atoms with Gasteiger partial charge in [0.2, 0.25) is 0 Å². The molecule has 82 valence electrons. The molecule has 0 radical (unpaired) electrons. The van der Waals surface area contributed by atoms with Gasteiger partial charge in [-0.25, -0.2) is 13.1 Å². The molecule has 6 heteroatoms. The second kappa shape index (κ2) is 4.96. The van der Waals surface area contributed by atoms with Gasteiger partial charge in [-0.3, -0.25) is 5.10 Å². The smallest absolute Gasteiger partial charge is 0.257 e. The van der Waals surface area contributed by atoms with E-state index in [1.54, 1.807) is 0 Å². The molecule has 15 heavy (non-hydrogen) atoms. The van der Waals surface area contributed by atoms with E-state index in [0.717, 1.165) is 0 Å². The second-order valence-corrected chi connectivity index (χ2v) is 4.74. The number of rotatable bonds is 5. The van der Waals surface area contributed by atoms with E-state index >= 15 is 0 Å². The summed E-state index contributed by atoms with van der Waals surface area (Å²) in [6.07, 6.45) is 7.55. The summed E-state index contributed by atoms with van der Waals surface area (Å²) in [5.74, 6) is 2.43. The highest BCUT2D eigenvalue weighted by Crippen LogP contribution is 2.06. The Morgan fingerprint density at radius 3 is 2.93 bits per heavy atom. The monoisotopic (exact) mass is 227 g/mol. The summed E-state index contributed by atoms with van der Waals surface area (Å²) in [5, 5.41) is 6.03. The van der Waals surface area contributed by atoms with Crippen LogP contribution in [-0.2, 0) is 10.0 Å². The number of sulfonamides is 1. The fraction of sp³-hybridized carbons (Fsp3) is 0.444. The highest BCUT2D eigenvalue weighted by atomic mass is 32.2. The summed E-state index contributed by atoms with van der Waals surface area (Å²) in [5.41, 5.74) is 0. The number of aromatic nitrogens is 2. The van der Waals surface area contributed by atoms with Crippen LogP contribution in [0, 0.1) is 12.3 Å². The van der Waals surface area contributed by atoms with Gasteiger partial charge in [0.15, 0.2) is 5.03 Å². The van der Waals surface area contributed by atoms with Crippen LogP contribution in [0.15, 0.2) is 17.3 Å². The first kappa shape index (κ1) is 11.8. The van der Waals surface area contributed by atoms with Crippen LogP contribution in [0.5, 0.6) is 0 Å². The summed E-state index contributed by atoms with van der Waals surface area (Å²) >= 11 is 0. The predicted octanol–water partition coefficient (Wildman–Crippen LogP) is 0.490. The molecule has 1 unspecified atom stereocenters. The number of aromatic amines is 1. The normalized spacial score (nSPS) is 13.3.